The molecule has 2 N–H and O–H groups in total. The number of amides is 1. The molecule has 1 heterocycles. The molecule has 5 heteroatoms. The first kappa shape index (κ1) is 14.6. The van der Waals surface area contributed by atoms with Crippen LogP contribution in [0.4, 0.5) is 5.69 Å². The second-order valence-corrected chi connectivity index (χ2v) is 6.18. The molecule has 0 saturated heterocycles. The van der Waals surface area contributed by atoms with E-state index in [2.05, 4.69) is 15.5 Å². The zero-order chi connectivity index (χ0) is 17.7. The first-order valence-electron chi connectivity index (χ1n) is 8.25. The molecule has 1 aromatic heterocycles. The molecule has 0 aliphatic heterocycles. The van der Waals surface area contributed by atoms with E-state index in [0.717, 1.165) is 22.2 Å². The molecule has 26 heavy (non-hydrogen) atoms. The lowest BCUT2D eigenvalue weighted by Gasteiger charge is -2.18. The van der Waals surface area contributed by atoms with E-state index >= 15 is 0 Å². The molecule has 4 aromatic rings. The first-order chi connectivity index (χ1) is 12.7. The van der Waals surface area contributed by atoms with Crippen LogP contribution in [0.3, 0.4) is 0 Å². The monoisotopic (exact) mass is 339 g/mol. The highest BCUT2D eigenvalue weighted by atomic mass is 16.1. The smallest absolute Gasteiger partial charge is 0.255 e. The SMILES string of the molecule is O=C(Nc1ccc2[nH]nc3c2c1C(=O)c1ccccc1-3)c1ccccc1. The zero-order valence-electron chi connectivity index (χ0n) is 13.6. The maximum absolute atomic E-state index is 13.1. The molecule has 0 unspecified atom stereocenters. The summed E-state index contributed by atoms with van der Waals surface area (Å²) < 4.78 is 0. The van der Waals surface area contributed by atoms with Crippen molar-refractivity contribution in [1.82, 2.24) is 10.2 Å². The van der Waals surface area contributed by atoms with Crippen LogP contribution in [0.5, 0.6) is 0 Å². The molecule has 0 saturated carbocycles. The number of hydrogen-bond acceptors (Lipinski definition) is 3. The maximum Gasteiger partial charge on any atom is 0.255 e. The fourth-order valence-electron chi connectivity index (χ4n) is 3.46. The standard InChI is InChI=1S/C21H13N3O2/c25-20-14-9-5-4-8-13(14)19-17-16(23-24-19)11-10-15(18(17)20)22-21(26)12-6-2-1-3-7-12/h1-11H,(H,22,26)(H,23,24). The molecule has 0 spiro atoms. The van der Waals surface area contributed by atoms with Crippen LogP contribution in [0.15, 0.2) is 66.7 Å². The summed E-state index contributed by atoms with van der Waals surface area (Å²) >= 11 is 0. The molecule has 1 aliphatic rings. The Hall–Kier alpha value is -3.73. The number of aromatic nitrogens is 2. The van der Waals surface area contributed by atoms with Crippen molar-refractivity contribution in [3.63, 3.8) is 0 Å². The Morgan fingerprint density at radius 2 is 1.62 bits per heavy atom. The minimum absolute atomic E-state index is 0.108. The summed E-state index contributed by atoms with van der Waals surface area (Å²) in [6.07, 6.45) is 0. The highest BCUT2D eigenvalue weighted by molar-refractivity contribution is 6.28. The van der Waals surface area contributed by atoms with Gasteiger partial charge in [-0.2, -0.15) is 5.10 Å². The molecule has 0 fully saturated rings. The summed E-state index contributed by atoms with van der Waals surface area (Å²) in [5.41, 5.74) is 4.42. The van der Waals surface area contributed by atoms with Gasteiger partial charge in [-0.05, 0) is 24.3 Å². The Bertz CT molecular complexity index is 1190. The van der Waals surface area contributed by atoms with E-state index in [1.54, 1.807) is 36.4 Å². The molecule has 1 amide bonds. The number of carbonyl (C=O) groups excluding carboxylic acids is 2. The minimum atomic E-state index is -0.252. The molecule has 5 rings (SSSR count). The third-order valence-corrected chi connectivity index (χ3v) is 4.67. The van der Waals surface area contributed by atoms with E-state index < -0.39 is 0 Å². The van der Waals surface area contributed by atoms with E-state index in [0.29, 0.717) is 22.4 Å². The van der Waals surface area contributed by atoms with Gasteiger partial charge in [-0.25, -0.2) is 0 Å². The number of hydrogen-bond donors (Lipinski definition) is 2. The normalized spacial score (nSPS) is 12.1. The second-order valence-electron chi connectivity index (χ2n) is 6.18. The van der Waals surface area contributed by atoms with Gasteiger partial charge in [0, 0.05) is 22.1 Å². The summed E-state index contributed by atoms with van der Waals surface area (Å²) in [6.45, 7) is 0. The van der Waals surface area contributed by atoms with Gasteiger partial charge in [0.15, 0.2) is 5.78 Å². The fourth-order valence-corrected chi connectivity index (χ4v) is 3.46. The third kappa shape index (κ3) is 2.01. The quantitative estimate of drug-likeness (QED) is 0.510. The number of rotatable bonds is 2. The van der Waals surface area contributed by atoms with Crippen LogP contribution in [0.2, 0.25) is 0 Å². The van der Waals surface area contributed by atoms with Crippen molar-refractivity contribution >= 4 is 28.3 Å². The van der Waals surface area contributed by atoms with Crippen LogP contribution in [0.1, 0.15) is 26.3 Å². The summed E-state index contributed by atoms with van der Waals surface area (Å²) in [5, 5.41) is 11.0. The van der Waals surface area contributed by atoms with Gasteiger partial charge in [0.2, 0.25) is 0 Å². The van der Waals surface area contributed by atoms with Crippen LogP contribution in [0, 0.1) is 0 Å². The van der Waals surface area contributed by atoms with Crippen LogP contribution in [-0.2, 0) is 0 Å². The van der Waals surface area contributed by atoms with Crippen LogP contribution >= 0.6 is 0 Å². The summed E-state index contributed by atoms with van der Waals surface area (Å²) in [4.78, 5) is 25.7. The van der Waals surface area contributed by atoms with Gasteiger partial charge in [0.1, 0.15) is 5.69 Å². The second kappa shape index (κ2) is 5.39. The Morgan fingerprint density at radius 3 is 2.42 bits per heavy atom. The highest BCUT2D eigenvalue weighted by Gasteiger charge is 2.30. The lowest BCUT2D eigenvalue weighted by Crippen LogP contribution is -2.17. The largest absolute Gasteiger partial charge is 0.321 e. The number of fused-ring (bicyclic) bond motifs is 2. The van der Waals surface area contributed by atoms with E-state index in [9.17, 15) is 9.59 Å². The van der Waals surface area contributed by atoms with Gasteiger partial charge in [-0.15, -0.1) is 0 Å². The number of H-pyrrole nitrogens is 1. The number of carbonyl (C=O) groups is 2. The first-order valence-corrected chi connectivity index (χ1v) is 8.25. The zero-order valence-corrected chi connectivity index (χ0v) is 13.6. The number of aromatic amines is 1. The molecule has 1 aliphatic carbocycles. The van der Waals surface area contributed by atoms with Crippen molar-refractivity contribution in [2.24, 2.45) is 0 Å². The molecule has 0 radical (unpaired) electrons. The van der Waals surface area contributed by atoms with Gasteiger partial charge in [-0.3, -0.25) is 14.7 Å². The third-order valence-electron chi connectivity index (χ3n) is 4.67. The lowest BCUT2D eigenvalue weighted by atomic mass is 9.86. The Labute approximate surface area is 148 Å². The topological polar surface area (TPSA) is 74.8 Å². The van der Waals surface area contributed by atoms with Crippen LogP contribution in [-0.4, -0.2) is 21.9 Å². The maximum atomic E-state index is 13.1. The Balaban J connectivity index is 1.69. The van der Waals surface area contributed by atoms with Gasteiger partial charge in [0.05, 0.1) is 16.8 Å². The van der Waals surface area contributed by atoms with Crippen molar-refractivity contribution in [2.75, 3.05) is 5.32 Å². The van der Waals surface area contributed by atoms with Gasteiger partial charge < -0.3 is 5.32 Å². The predicted octanol–water partition coefficient (Wildman–Crippen LogP) is 4.03. The fraction of sp³-hybridized carbons (Fsp3) is 0. The Morgan fingerprint density at radius 1 is 0.885 bits per heavy atom. The molecule has 5 nitrogen and oxygen atoms in total. The van der Waals surface area contributed by atoms with E-state index in [1.165, 1.54) is 0 Å². The minimum Gasteiger partial charge on any atom is -0.321 e. The molecule has 0 bridgehead atoms. The van der Waals surface area contributed by atoms with Crippen molar-refractivity contribution in [1.29, 1.82) is 0 Å². The average Bonchev–Trinajstić information content (AvgIpc) is 3.12. The summed E-state index contributed by atoms with van der Waals surface area (Å²) in [5.74, 6) is -0.360. The average molecular weight is 339 g/mol. The number of nitrogens with one attached hydrogen (secondary N) is 2. The Kier molecular flexibility index (Phi) is 3.03. The number of ketones is 1. The van der Waals surface area contributed by atoms with E-state index in [-0.39, 0.29) is 11.7 Å². The van der Waals surface area contributed by atoms with Crippen molar-refractivity contribution < 1.29 is 9.59 Å². The van der Waals surface area contributed by atoms with Gasteiger partial charge in [0.25, 0.3) is 5.91 Å². The van der Waals surface area contributed by atoms with E-state index in [1.807, 2.05) is 30.3 Å². The number of anilines is 1. The van der Waals surface area contributed by atoms with Gasteiger partial charge in [-0.1, -0.05) is 42.5 Å². The highest BCUT2D eigenvalue weighted by Crippen LogP contribution is 2.40. The summed E-state index contributed by atoms with van der Waals surface area (Å²) in [6, 6.07) is 19.9. The van der Waals surface area contributed by atoms with Crippen molar-refractivity contribution in [3.05, 3.63) is 83.4 Å². The van der Waals surface area contributed by atoms with Crippen LogP contribution < -0.4 is 5.32 Å². The van der Waals surface area contributed by atoms with Crippen molar-refractivity contribution in [3.8, 4) is 11.3 Å². The molecule has 3 aromatic carbocycles. The summed E-state index contributed by atoms with van der Waals surface area (Å²) in [7, 11) is 0. The number of benzene rings is 3. The predicted molar refractivity (Wildman–Crippen MR) is 99.4 cm³/mol. The van der Waals surface area contributed by atoms with Crippen molar-refractivity contribution in [2.45, 2.75) is 0 Å². The molecular weight excluding hydrogens is 326 g/mol. The number of nitrogens with zero attached hydrogens (tertiary/aromatic N) is 1. The molecular formula is C21H13N3O2. The van der Waals surface area contributed by atoms with E-state index in [4.69, 9.17) is 0 Å². The molecule has 0 atom stereocenters. The van der Waals surface area contributed by atoms with Crippen LogP contribution in [0.25, 0.3) is 22.2 Å². The molecule has 124 valence electrons. The van der Waals surface area contributed by atoms with Gasteiger partial charge >= 0.3 is 0 Å². The lowest BCUT2D eigenvalue weighted by molar-refractivity contribution is 0.102.